The summed E-state index contributed by atoms with van der Waals surface area (Å²) in [6.07, 6.45) is 3.58. The van der Waals surface area contributed by atoms with Gasteiger partial charge in [-0.05, 0) is 30.7 Å². The van der Waals surface area contributed by atoms with Crippen molar-refractivity contribution in [3.05, 3.63) is 47.8 Å². The summed E-state index contributed by atoms with van der Waals surface area (Å²) in [5.41, 5.74) is 0.906. The van der Waals surface area contributed by atoms with Crippen LogP contribution in [0.4, 0.5) is 4.39 Å². The fourth-order valence-electron chi connectivity index (χ4n) is 2.41. The van der Waals surface area contributed by atoms with Crippen LogP contribution in [0.3, 0.4) is 0 Å². The first-order valence-corrected chi connectivity index (χ1v) is 7.01. The Balaban J connectivity index is 1.85. The Morgan fingerprint density at radius 2 is 2.14 bits per heavy atom. The quantitative estimate of drug-likeness (QED) is 0.842. The Labute approximate surface area is 123 Å². The topological polar surface area (TPSA) is 49.4 Å². The van der Waals surface area contributed by atoms with Gasteiger partial charge in [-0.2, -0.15) is 0 Å². The van der Waals surface area contributed by atoms with E-state index in [2.05, 4.69) is 5.32 Å². The molecule has 1 heterocycles. The third-order valence-corrected chi connectivity index (χ3v) is 3.46. The number of nitrogens with zero attached hydrogens (tertiary/aromatic N) is 1. The van der Waals surface area contributed by atoms with Crippen molar-refractivity contribution in [3.8, 4) is 0 Å². The van der Waals surface area contributed by atoms with Crippen molar-refractivity contribution < 1.29 is 14.0 Å². The van der Waals surface area contributed by atoms with Gasteiger partial charge in [-0.25, -0.2) is 4.39 Å². The first-order chi connectivity index (χ1) is 10.1. The Morgan fingerprint density at radius 1 is 1.43 bits per heavy atom. The predicted molar refractivity (Wildman–Crippen MR) is 77.7 cm³/mol. The molecule has 5 heteroatoms. The summed E-state index contributed by atoms with van der Waals surface area (Å²) in [6.45, 7) is 3.38. The first kappa shape index (κ1) is 15.2. The standard InChI is InChI=1S/C16H19FN2O2/c1-2-3-15(20)18-9-13-8-16(21)19(11-13)10-12-4-6-14(17)7-5-12/h2-7,13H,8-11H2,1H3,(H,18,20)/b3-2-. The molecule has 112 valence electrons. The van der Waals surface area contributed by atoms with Crippen LogP contribution in [0.15, 0.2) is 36.4 Å². The molecule has 1 unspecified atom stereocenters. The van der Waals surface area contributed by atoms with Gasteiger partial charge in [0.15, 0.2) is 0 Å². The number of rotatable bonds is 5. The van der Waals surface area contributed by atoms with Gasteiger partial charge in [0.05, 0.1) is 0 Å². The lowest BCUT2D eigenvalue weighted by Crippen LogP contribution is -2.30. The first-order valence-electron chi connectivity index (χ1n) is 7.01. The Morgan fingerprint density at radius 3 is 2.81 bits per heavy atom. The Kier molecular flexibility index (Phi) is 5.09. The van der Waals surface area contributed by atoms with Crippen LogP contribution < -0.4 is 5.32 Å². The number of hydrogen-bond donors (Lipinski definition) is 1. The molecule has 1 aliphatic heterocycles. The Hall–Kier alpha value is -2.17. The van der Waals surface area contributed by atoms with Crippen molar-refractivity contribution in [2.75, 3.05) is 13.1 Å². The van der Waals surface area contributed by atoms with Crippen molar-refractivity contribution in [2.24, 2.45) is 5.92 Å². The summed E-state index contributed by atoms with van der Waals surface area (Å²) in [7, 11) is 0. The lowest BCUT2D eigenvalue weighted by molar-refractivity contribution is -0.128. The smallest absolute Gasteiger partial charge is 0.243 e. The number of likely N-dealkylation sites (tertiary alicyclic amines) is 1. The maximum absolute atomic E-state index is 12.9. The van der Waals surface area contributed by atoms with Gasteiger partial charge in [0.1, 0.15) is 5.82 Å². The molecule has 1 fully saturated rings. The summed E-state index contributed by atoms with van der Waals surface area (Å²) in [6, 6.07) is 6.16. The number of halogens is 1. The maximum atomic E-state index is 12.9. The van der Waals surface area contributed by atoms with Crippen molar-refractivity contribution in [3.63, 3.8) is 0 Å². The van der Waals surface area contributed by atoms with E-state index in [4.69, 9.17) is 0 Å². The summed E-state index contributed by atoms with van der Waals surface area (Å²) >= 11 is 0. The molecule has 1 atom stereocenters. The fraction of sp³-hybridized carbons (Fsp3) is 0.375. The molecule has 0 aromatic heterocycles. The molecule has 2 rings (SSSR count). The summed E-state index contributed by atoms with van der Waals surface area (Å²) in [5, 5.41) is 2.78. The van der Waals surface area contributed by atoms with Crippen LogP contribution in [-0.2, 0) is 16.1 Å². The minimum Gasteiger partial charge on any atom is -0.352 e. The molecule has 0 bridgehead atoms. The molecule has 0 spiro atoms. The zero-order valence-corrected chi connectivity index (χ0v) is 12.0. The second-order valence-corrected chi connectivity index (χ2v) is 5.22. The SMILES string of the molecule is C/C=C\C(=O)NCC1CC(=O)N(Cc2ccc(F)cc2)C1. The van der Waals surface area contributed by atoms with Gasteiger partial charge in [-0.15, -0.1) is 0 Å². The fourth-order valence-corrected chi connectivity index (χ4v) is 2.41. The van der Waals surface area contributed by atoms with Crippen LogP contribution in [0, 0.1) is 11.7 Å². The molecule has 1 aromatic rings. The highest BCUT2D eigenvalue weighted by Gasteiger charge is 2.29. The maximum Gasteiger partial charge on any atom is 0.243 e. The van der Waals surface area contributed by atoms with E-state index >= 15 is 0 Å². The molecular weight excluding hydrogens is 271 g/mol. The number of carbonyl (C=O) groups is 2. The number of hydrogen-bond acceptors (Lipinski definition) is 2. The van der Waals surface area contributed by atoms with E-state index in [9.17, 15) is 14.0 Å². The molecule has 1 aromatic carbocycles. The number of allylic oxidation sites excluding steroid dienone is 1. The summed E-state index contributed by atoms with van der Waals surface area (Å²) < 4.78 is 12.9. The molecule has 1 saturated heterocycles. The van der Waals surface area contributed by atoms with E-state index in [1.165, 1.54) is 18.2 Å². The van der Waals surface area contributed by atoms with Crippen LogP contribution in [0.2, 0.25) is 0 Å². The van der Waals surface area contributed by atoms with Crippen LogP contribution in [0.25, 0.3) is 0 Å². The summed E-state index contributed by atoms with van der Waals surface area (Å²) in [5.74, 6) is -0.213. The van der Waals surface area contributed by atoms with E-state index in [0.717, 1.165) is 5.56 Å². The van der Waals surface area contributed by atoms with Gasteiger partial charge in [0, 0.05) is 32.0 Å². The van der Waals surface area contributed by atoms with Crippen molar-refractivity contribution >= 4 is 11.8 Å². The molecular formula is C16H19FN2O2. The average molecular weight is 290 g/mol. The van der Waals surface area contributed by atoms with Gasteiger partial charge in [0.2, 0.25) is 11.8 Å². The van der Waals surface area contributed by atoms with Gasteiger partial charge < -0.3 is 10.2 Å². The molecule has 4 nitrogen and oxygen atoms in total. The van der Waals surface area contributed by atoms with E-state index in [0.29, 0.717) is 26.1 Å². The molecule has 0 aliphatic carbocycles. The largest absolute Gasteiger partial charge is 0.352 e. The van der Waals surface area contributed by atoms with Crippen molar-refractivity contribution in [2.45, 2.75) is 19.9 Å². The third-order valence-electron chi connectivity index (χ3n) is 3.46. The molecule has 0 saturated carbocycles. The normalized spacial score (nSPS) is 18.5. The van der Waals surface area contributed by atoms with Crippen LogP contribution in [0.1, 0.15) is 18.9 Å². The molecule has 1 aliphatic rings. The van der Waals surface area contributed by atoms with Gasteiger partial charge in [-0.3, -0.25) is 9.59 Å². The highest BCUT2D eigenvalue weighted by Crippen LogP contribution is 2.19. The van der Waals surface area contributed by atoms with E-state index in [1.54, 1.807) is 30.0 Å². The van der Waals surface area contributed by atoms with Crippen LogP contribution in [-0.4, -0.2) is 29.8 Å². The lowest BCUT2D eigenvalue weighted by Gasteiger charge is -2.17. The van der Waals surface area contributed by atoms with Crippen molar-refractivity contribution in [1.82, 2.24) is 10.2 Å². The zero-order chi connectivity index (χ0) is 15.2. The minimum atomic E-state index is -0.281. The third kappa shape index (κ3) is 4.41. The average Bonchev–Trinajstić information content (AvgIpc) is 2.80. The molecule has 21 heavy (non-hydrogen) atoms. The number of benzene rings is 1. The summed E-state index contributed by atoms with van der Waals surface area (Å²) in [4.78, 5) is 25.1. The Bertz CT molecular complexity index is 540. The molecule has 0 radical (unpaired) electrons. The second kappa shape index (κ2) is 7.02. The molecule has 2 amide bonds. The van der Waals surface area contributed by atoms with E-state index < -0.39 is 0 Å². The lowest BCUT2D eigenvalue weighted by atomic mass is 10.1. The number of nitrogens with one attached hydrogen (secondary N) is 1. The molecule has 1 N–H and O–H groups in total. The highest BCUT2D eigenvalue weighted by molar-refractivity contribution is 5.87. The van der Waals surface area contributed by atoms with Gasteiger partial charge >= 0.3 is 0 Å². The predicted octanol–water partition coefficient (Wildman–Crippen LogP) is 1.87. The zero-order valence-electron chi connectivity index (χ0n) is 12.0. The minimum absolute atomic E-state index is 0.0737. The van der Waals surface area contributed by atoms with E-state index in [-0.39, 0.29) is 23.5 Å². The number of amides is 2. The highest BCUT2D eigenvalue weighted by atomic mass is 19.1. The monoisotopic (exact) mass is 290 g/mol. The van der Waals surface area contributed by atoms with Gasteiger partial charge in [0.25, 0.3) is 0 Å². The van der Waals surface area contributed by atoms with Gasteiger partial charge in [-0.1, -0.05) is 18.2 Å². The van der Waals surface area contributed by atoms with E-state index in [1.807, 2.05) is 0 Å². The second-order valence-electron chi connectivity index (χ2n) is 5.22. The van der Waals surface area contributed by atoms with Crippen LogP contribution in [0.5, 0.6) is 0 Å². The van der Waals surface area contributed by atoms with Crippen molar-refractivity contribution in [1.29, 1.82) is 0 Å². The number of carbonyl (C=O) groups excluding carboxylic acids is 2. The van der Waals surface area contributed by atoms with Crippen LogP contribution >= 0.6 is 0 Å².